The average Bonchev–Trinajstić information content (AvgIpc) is 3.95. The fourth-order valence-electron chi connectivity index (χ4n) is 13.6. The maximum atomic E-state index is 17.2. The van der Waals surface area contributed by atoms with Crippen molar-refractivity contribution in [3.8, 4) is 23.0 Å². The molecule has 3 N–H and O–H groups in total. The Hall–Kier alpha value is -5.97. The largest absolute Gasteiger partial charge is 0.508 e. The second kappa shape index (κ2) is 17.4. The summed E-state index contributed by atoms with van der Waals surface area (Å²) < 4.78 is 23.8. The van der Waals surface area contributed by atoms with Crippen LogP contribution in [0, 0.1) is 16.6 Å². The molecule has 6 saturated heterocycles. The third-order valence-corrected chi connectivity index (χ3v) is 17.7. The number of phenols is 1. The lowest BCUT2D eigenvalue weighted by atomic mass is 9.71. The van der Waals surface area contributed by atoms with E-state index in [1.807, 2.05) is 24.3 Å². The van der Waals surface area contributed by atoms with E-state index in [1.54, 1.807) is 23.2 Å². The number of benzene rings is 3. The number of carbonyl (C=O) groups is 3. The zero-order chi connectivity index (χ0) is 48.2. The van der Waals surface area contributed by atoms with Crippen molar-refractivity contribution in [2.75, 3.05) is 75.3 Å². The molecule has 370 valence electrons. The number of pyridine rings is 1. The van der Waals surface area contributed by atoms with Crippen LogP contribution in [0.4, 0.5) is 15.9 Å². The summed E-state index contributed by atoms with van der Waals surface area (Å²) in [6, 6.07) is 16.3. The number of imide groups is 1. The van der Waals surface area contributed by atoms with Crippen LogP contribution >= 0.6 is 0 Å². The molecule has 13 rings (SSSR count). The molecular formula is C55H63FN10O5. The second-order valence-electron chi connectivity index (χ2n) is 22.3. The van der Waals surface area contributed by atoms with Crippen molar-refractivity contribution in [1.29, 1.82) is 0 Å². The highest BCUT2D eigenvalue weighted by Crippen LogP contribution is 2.50. The summed E-state index contributed by atoms with van der Waals surface area (Å²) in [5.41, 5.74) is 5.11. The maximum absolute atomic E-state index is 17.2. The lowest BCUT2D eigenvalue weighted by Crippen LogP contribution is -2.62. The van der Waals surface area contributed by atoms with Gasteiger partial charge in [0, 0.05) is 105 Å². The fourth-order valence-corrected chi connectivity index (χ4v) is 13.6. The first kappa shape index (κ1) is 44.9. The van der Waals surface area contributed by atoms with E-state index in [-0.39, 0.29) is 52.5 Å². The standard InChI is InChI=1S/C55H63FN10O5/c1-2-33-4-3-5-34-23-40(67)24-42(46(33)34)48-47(56)49-43(25-57-48)50(65-27-36-6-7-37(28-65)58-36)61-53(60-49)71-32-55(14-15-55)31-62-29-54(30-62)16-20-64(21-17-54)38-12-18-63(19-13-38)39-8-9-41-35(22-39)26-66(52(41)70)44-10-11-45(68)59-51(44)69/h3-5,8-9,22-25,36-38,44,58,67H,2,6-7,10-21,26-32H2,1H3,(H,59,68,69). The molecule has 7 fully saturated rings. The average molecular weight is 963 g/mol. The summed E-state index contributed by atoms with van der Waals surface area (Å²) in [5, 5.41) is 19.2. The highest BCUT2D eigenvalue weighted by Gasteiger charge is 2.52. The predicted molar refractivity (Wildman–Crippen MR) is 268 cm³/mol. The van der Waals surface area contributed by atoms with Gasteiger partial charge in [-0.05, 0) is 135 Å². The third kappa shape index (κ3) is 8.13. The number of rotatable bonds is 11. The Morgan fingerprint density at radius 1 is 0.873 bits per heavy atom. The quantitative estimate of drug-likeness (QED) is 0.129. The number of aromatic hydroxyl groups is 1. The molecule has 15 nitrogen and oxygen atoms in total. The fraction of sp³-hybridized carbons (Fsp3) is 0.527. The van der Waals surface area contributed by atoms with E-state index in [0.29, 0.717) is 65.4 Å². The number of hydrogen-bond acceptors (Lipinski definition) is 13. The Bertz CT molecular complexity index is 2970. The number of anilines is 2. The molecule has 71 heavy (non-hydrogen) atoms. The molecule has 2 bridgehead atoms. The van der Waals surface area contributed by atoms with Crippen LogP contribution in [0.2, 0.25) is 0 Å². The van der Waals surface area contributed by atoms with Crippen molar-refractivity contribution >= 4 is 50.9 Å². The van der Waals surface area contributed by atoms with E-state index < -0.39 is 11.9 Å². The third-order valence-electron chi connectivity index (χ3n) is 17.7. The van der Waals surface area contributed by atoms with Gasteiger partial charge in [-0.25, -0.2) is 4.39 Å². The number of ether oxygens (including phenoxy) is 1. The van der Waals surface area contributed by atoms with Crippen molar-refractivity contribution in [2.24, 2.45) is 10.8 Å². The minimum absolute atomic E-state index is 0.0309. The number of piperazine rings is 1. The molecule has 1 saturated carbocycles. The summed E-state index contributed by atoms with van der Waals surface area (Å²) >= 11 is 0. The number of halogens is 1. The first-order valence-electron chi connectivity index (χ1n) is 26.2. The topological polar surface area (TPSA) is 160 Å². The van der Waals surface area contributed by atoms with Crippen molar-refractivity contribution in [3.63, 3.8) is 0 Å². The van der Waals surface area contributed by atoms with Crippen molar-refractivity contribution in [2.45, 2.75) is 108 Å². The molecule has 2 aromatic heterocycles. The minimum Gasteiger partial charge on any atom is -0.508 e. The number of carbonyl (C=O) groups excluding carboxylic acids is 3. The number of amides is 3. The normalized spacial score (nSPS) is 25.3. The number of likely N-dealkylation sites (tertiary alicyclic amines) is 2. The first-order chi connectivity index (χ1) is 34.5. The molecule has 3 atom stereocenters. The Morgan fingerprint density at radius 3 is 2.41 bits per heavy atom. The van der Waals surface area contributed by atoms with E-state index in [0.717, 1.165) is 131 Å². The van der Waals surface area contributed by atoms with E-state index >= 15 is 4.39 Å². The number of fused-ring (bicyclic) bond motifs is 5. The first-order valence-corrected chi connectivity index (χ1v) is 26.2. The van der Waals surface area contributed by atoms with Gasteiger partial charge in [-0.15, -0.1) is 0 Å². The predicted octanol–water partition coefficient (Wildman–Crippen LogP) is 6.18. The number of hydrogen-bond donors (Lipinski definition) is 3. The molecule has 9 heterocycles. The Labute approximate surface area is 413 Å². The number of phenolic OH excluding ortho intramolecular Hbond substituents is 1. The molecule has 16 heteroatoms. The molecule has 3 amide bonds. The van der Waals surface area contributed by atoms with Gasteiger partial charge in [-0.2, -0.15) is 9.97 Å². The van der Waals surface area contributed by atoms with E-state index in [4.69, 9.17) is 19.7 Å². The molecular weight excluding hydrogens is 900 g/mol. The molecule has 3 aromatic carbocycles. The lowest BCUT2D eigenvalue weighted by Gasteiger charge is -2.56. The molecule has 0 radical (unpaired) electrons. The van der Waals surface area contributed by atoms with Gasteiger partial charge in [0.25, 0.3) is 5.91 Å². The molecule has 1 spiro atoms. The van der Waals surface area contributed by atoms with Crippen LogP contribution < -0.4 is 25.2 Å². The van der Waals surface area contributed by atoms with Crippen LogP contribution in [0.3, 0.4) is 0 Å². The summed E-state index contributed by atoms with van der Waals surface area (Å²) in [4.78, 5) is 63.8. The smallest absolute Gasteiger partial charge is 0.319 e. The van der Waals surface area contributed by atoms with Crippen molar-refractivity contribution in [1.82, 2.24) is 40.3 Å². The van der Waals surface area contributed by atoms with Crippen LogP contribution in [0.1, 0.15) is 92.6 Å². The van der Waals surface area contributed by atoms with E-state index in [9.17, 15) is 19.5 Å². The summed E-state index contributed by atoms with van der Waals surface area (Å²) in [6.45, 7) is 12.0. The number of nitrogens with one attached hydrogen (secondary N) is 2. The van der Waals surface area contributed by atoms with Gasteiger partial charge in [0.1, 0.15) is 28.8 Å². The monoisotopic (exact) mass is 962 g/mol. The molecule has 5 aromatic rings. The Morgan fingerprint density at radius 2 is 1.66 bits per heavy atom. The number of piperidine rings is 3. The van der Waals surface area contributed by atoms with Crippen LogP contribution in [-0.4, -0.2) is 142 Å². The van der Waals surface area contributed by atoms with Gasteiger partial charge in [0.2, 0.25) is 11.8 Å². The van der Waals surface area contributed by atoms with Gasteiger partial charge in [0.15, 0.2) is 5.82 Å². The van der Waals surface area contributed by atoms with Crippen LogP contribution in [0.5, 0.6) is 11.8 Å². The Kier molecular flexibility index (Phi) is 11.0. The second-order valence-corrected chi connectivity index (χ2v) is 22.3. The number of nitrogens with zero attached hydrogens (tertiary/aromatic N) is 8. The van der Waals surface area contributed by atoms with Crippen LogP contribution in [-0.2, 0) is 22.6 Å². The Balaban J connectivity index is 0.638. The van der Waals surface area contributed by atoms with E-state index in [2.05, 4.69) is 49.3 Å². The number of aromatic nitrogens is 3. The minimum atomic E-state index is -0.601. The number of aryl methyl sites for hydroxylation is 1. The van der Waals surface area contributed by atoms with Crippen LogP contribution in [0.15, 0.2) is 54.7 Å². The van der Waals surface area contributed by atoms with Gasteiger partial charge in [-0.1, -0.05) is 25.1 Å². The lowest BCUT2D eigenvalue weighted by molar-refractivity contribution is -0.136. The summed E-state index contributed by atoms with van der Waals surface area (Å²) in [6.07, 6.45) is 12.1. The zero-order valence-electron chi connectivity index (χ0n) is 40.6. The highest BCUT2D eigenvalue weighted by molar-refractivity contribution is 6.06. The molecule has 3 unspecified atom stereocenters. The van der Waals surface area contributed by atoms with Gasteiger partial charge in [0.05, 0.1) is 12.0 Å². The highest BCUT2D eigenvalue weighted by atomic mass is 19.1. The molecule has 1 aliphatic carbocycles. The molecule has 7 aliphatic heterocycles. The van der Waals surface area contributed by atoms with Gasteiger partial charge >= 0.3 is 6.01 Å². The molecule has 8 aliphatic rings. The van der Waals surface area contributed by atoms with E-state index in [1.165, 1.54) is 12.8 Å². The van der Waals surface area contributed by atoms with Crippen LogP contribution in [0.25, 0.3) is 32.9 Å². The van der Waals surface area contributed by atoms with Gasteiger partial charge in [-0.3, -0.25) is 24.7 Å². The zero-order valence-corrected chi connectivity index (χ0v) is 40.6. The SMILES string of the molecule is CCc1cccc2cc(O)cc(-c3ncc4c(N5CC6CCC(C5)N6)nc(OCC5(CN6CC7(CCN(C8CCN(c9ccc%10c(c9)CN(C9CCC(=O)NC9=O)C%10=O)CC8)CC7)C6)CC5)nc4c3F)c12. The van der Waals surface area contributed by atoms with Crippen molar-refractivity contribution in [3.05, 3.63) is 77.2 Å². The maximum Gasteiger partial charge on any atom is 0.319 e. The van der Waals surface area contributed by atoms with Crippen molar-refractivity contribution < 1.29 is 28.6 Å². The summed E-state index contributed by atoms with van der Waals surface area (Å²) in [5.74, 6) is -0.586. The summed E-state index contributed by atoms with van der Waals surface area (Å²) in [7, 11) is 0. The van der Waals surface area contributed by atoms with Gasteiger partial charge < -0.3 is 39.7 Å².